The molecule has 0 aromatic heterocycles. The van der Waals surface area contributed by atoms with Gasteiger partial charge in [-0.05, 0) is 30.7 Å². The summed E-state index contributed by atoms with van der Waals surface area (Å²) in [6, 6.07) is 14.7. The van der Waals surface area contributed by atoms with Crippen LogP contribution in [0.25, 0.3) is 0 Å². The Morgan fingerprint density at radius 2 is 2.04 bits per heavy atom. The summed E-state index contributed by atoms with van der Waals surface area (Å²) >= 11 is 0. The van der Waals surface area contributed by atoms with Gasteiger partial charge < -0.3 is 20.3 Å². The molecule has 0 unspecified atom stereocenters. The Bertz CT molecular complexity index is 776. The third-order valence-corrected chi connectivity index (χ3v) is 4.06. The molecule has 0 radical (unpaired) electrons. The number of hydrogen-bond donors (Lipinski definition) is 2. The van der Waals surface area contributed by atoms with Crippen LogP contribution >= 0.6 is 0 Å². The van der Waals surface area contributed by atoms with E-state index in [1.54, 1.807) is 24.1 Å². The van der Waals surface area contributed by atoms with Crippen LogP contribution in [0.1, 0.15) is 12.8 Å². The Morgan fingerprint density at radius 1 is 1.20 bits per heavy atom. The van der Waals surface area contributed by atoms with Crippen molar-refractivity contribution in [3.63, 3.8) is 0 Å². The van der Waals surface area contributed by atoms with E-state index in [0.717, 1.165) is 17.8 Å². The molecule has 1 saturated heterocycles. The number of carbonyl (C=O) groups is 2. The summed E-state index contributed by atoms with van der Waals surface area (Å²) in [6.07, 6.45) is 1.44. The highest BCUT2D eigenvalue weighted by molar-refractivity contribution is 5.99. The molecule has 3 rings (SSSR count). The molecule has 2 amide bonds. The minimum atomic E-state index is -0.171. The number of rotatable bonds is 6. The van der Waals surface area contributed by atoms with Gasteiger partial charge in [-0.3, -0.25) is 9.59 Å². The third kappa shape index (κ3) is 4.09. The van der Waals surface area contributed by atoms with E-state index in [4.69, 9.17) is 4.74 Å². The number of amides is 2. The van der Waals surface area contributed by atoms with E-state index >= 15 is 0 Å². The molecule has 25 heavy (non-hydrogen) atoms. The first-order chi connectivity index (χ1) is 12.2. The van der Waals surface area contributed by atoms with Gasteiger partial charge in [-0.2, -0.15) is 0 Å². The van der Waals surface area contributed by atoms with Gasteiger partial charge in [0.2, 0.25) is 11.8 Å². The Labute approximate surface area is 146 Å². The number of benzene rings is 2. The number of nitrogens with zero attached hydrogens (tertiary/aromatic N) is 1. The van der Waals surface area contributed by atoms with Crippen LogP contribution in [0.3, 0.4) is 0 Å². The number of ether oxygens (including phenoxy) is 1. The van der Waals surface area contributed by atoms with Gasteiger partial charge in [-0.15, -0.1) is 0 Å². The zero-order valence-corrected chi connectivity index (χ0v) is 14.1. The highest BCUT2D eigenvalue weighted by atomic mass is 16.5. The summed E-state index contributed by atoms with van der Waals surface area (Å²) in [7, 11) is 1.58. The van der Waals surface area contributed by atoms with E-state index in [1.807, 2.05) is 36.4 Å². The van der Waals surface area contributed by atoms with Crippen molar-refractivity contribution in [2.24, 2.45) is 0 Å². The quantitative estimate of drug-likeness (QED) is 0.849. The molecule has 6 heteroatoms. The molecule has 1 heterocycles. The van der Waals surface area contributed by atoms with E-state index in [0.29, 0.717) is 24.4 Å². The summed E-state index contributed by atoms with van der Waals surface area (Å²) in [5.41, 5.74) is 2.27. The Balaban J connectivity index is 1.63. The fourth-order valence-electron chi connectivity index (χ4n) is 2.84. The van der Waals surface area contributed by atoms with Gasteiger partial charge in [0.1, 0.15) is 5.75 Å². The largest absolute Gasteiger partial charge is 0.497 e. The summed E-state index contributed by atoms with van der Waals surface area (Å²) in [5, 5.41) is 5.94. The standard InChI is InChI=1S/C19H21N3O3/c1-25-15-7-4-6-14(12-15)21-18(23)13-20-16-8-2-3-9-17(16)22-11-5-10-19(22)24/h2-4,6-9,12,20H,5,10-11,13H2,1H3,(H,21,23). The zero-order chi connectivity index (χ0) is 17.6. The lowest BCUT2D eigenvalue weighted by Gasteiger charge is -2.20. The van der Waals surface area contributed by atoms with E-state index in [2.05, 4.69) is 10.6 Å². The molecule has 1 fully saturated rings. The third-order valence-electron chi connectivity index (χ3n) is 4.06. The number of nitrogens with one attached hydrogen (secondary N) is 2. The van der Waals surface area contributed by atoms with Crippen molar-refractivity contribution in [3.8, 4) is 5.75 Å². The Hall–Kier alpha value is -3.02. The zero-order valence-electron chi connectivity index (χ0n) is 14.1. The topological polar surface area (TPSA) is 70.7 Å². The molecule has 0 saturated carbocycles. The number of carbonyl (C=O) groups excluding carboxylic acids is 2. The van der Waals surface area contributed by atoms with Crippen molar-refractivity contribution in [2.75, 3.05) is 35.7 Å². The maximum absolute atomic E-state index is 12.2. The van der Waals surface area contributed by atoms with Crippen LogP contribution in [0, 0.1) is 0 Å². The summed E-state index contributed by atoms with van der Waals surface area (Å²) in [5.74, 6) is 0.634. The van der Waals surface area contributed by atoms with Gasteiger partial charge in [-0.1, -0.05) is 18.2 Å². The van der Waals surface area contributed by atoms with Crippen LogP contribution in [-0.4, -0.2) is 32.0 Å². The van der Waals surface area contributed by atoms with Crippen LogP contribution in [0.2, 0.25) is 0 Å². The Morgan fingerprint density at radius 3 is 2.80 bits per heavy atom. The molecule has 0 atom stereocenters. The van der Waals surface area contributed by atoms with Crippen molar-refractivity contribution in [2.45, 2.75) is 12.8 Å². The molecule has 0 bridgehead atoms. The lowest BCUT2D eigenvalue weighted by Crippen LogP contribution is -2.26. The van der Waals surface area contributed by atoms with E-state index in [1.165, 1.54) is 0 Å². The van der Waals surface area contributed by atoms with Gasteiger partial charge in [-0.25, -0.2) is 0 Å². The number of methoxy groups -OCH3 is 1. The lowest BCUT2D eigenvalue weighted by atomic mass is 10.2. The molecule has 1 aliphatic rings. The minimum Gasteiger partial charge on any atom is -0.497 e. The molecule has 130 valence electrons. The van der Waals surface area contributed by atoms with Crippen LogP contribution in [-0.2, 0) is 9.59 Å². The summed E-state index contributed by atoms with van der Waals surface area (Å²) in [4.78, 5) is 25.9. The maximum atomic E-state index is 12.2. The predicted molar refractivity (Wildman–Crippen MR) is 98.1 cm³/mol. The molecule has 0 spiro atoms. The fraction of sp³-hybridized carbons (Fsp3) is 0.263. The van der Waals surface area contributed by atoms with Crippen LogP contribution < -0.4 is 20.3 Å². The van der Waals surface area contributed by atoms with Gasteiger partial charge in [0.25, 0.3) is 0 Å². The van der Waals surface area contributed by atoms with Gasteiger partial charge in [0, 0.05) is 24.7 Å². The SMILES string of the molecule is COc1cccc(NC(=O)CNc2ccccc2N2CCCC2=O)c1. The molecule has 2 N–H and O–H groups in total. The second-order valence-electron chi connectivity index (χ2n) is 5.80. The van der Waals surface area contributed by atoms with Gasteiger partial charge in [0.15, 0.2) is 0 Å². The fourth-order valence-corrected chi connectivity index (χ4v) is 2.84. The molecular weight excluding hydrogens is 318 g/mol. The van der Waals surface area contributed by atoms with E-state index in [-0.39, 0.29) is 18.4 Å². The Kier molecular flexibility index (Phi) is 5.18. The average molecular weight is 339 g/mol. The average Bonchev–Trinajstić information content (AvgIpc) is 3.06. The van der Waals surface area contributed by atoms with Crippen LogP contribution in [0.15, 0.2) is 48.5 Å². The van der Waals surface area contributed by atoms with E-state index < -0.39 is 0 Å². The molecule has 2 aromatic rings. The second-order valence-corrected chi connectivity index (χ2v) is 5.80. The van der Waals surface area contributed by atoms with Crippen LogP contribution in [0.4, 0.5) is 17.1 Å². The first-order valence-corrected chi connectivity index (χ1v) is 8.24. The van der Waals surface area contributed by atoms with Crippen LogP contribution in [0.5, 0.6) is 5.75 Å². The monoisotopic (exact) mass is 339 g/mol. The summed E-state index contributed by atoms with van der Waals surface area (Å²) in [6.45, 7) is 0.823. The maximum Gasteiger partial charge on any atom is 0.243 e. The highest BCUT2D eigenvalue weighted by Gasteiger charge is 2.23. The first-order valence-electron chi connectivity index (χ1n) is 8.24. The molecular formula is C19H21N3O3. The molecule has 1 aliphatic heterocycles. The van der Waals surface area contributed by atoms with E-state index in [9.17, 15) is 9.59 Å². The molecule has 6 nitrogen and oxygen atoms in total. The molecule has 2 aromatic carbocycles. The first kappa shape index (κ1) is 16.8. The van der Waals surface area contributed by atoms with Crippen molar-refractivity contribution in [1.82, 2.24) is 0 Å². The van der Waals surface area contributed by atoms with Crippen molar-refractivity contribution < 1.29 is 14.3 Å². The van der Waals surface area contributed by atoms with Crippen molar-refractivity contribution >= 4 is 28.9 Å². The highest BCUT2D eigenvalue weighted by Crippen LogP contribution is 2.29. The van der Waals surface area contributed by atoms with Gasteiger partial charge >= 0.3 is 0 Å². The lowest BCUT2D eigenvalue weighted by molar-refractivity contribution is -0.117. The summed E-state index contributed by atoms with van der Waals surface area (Å²) < 4.78 is 5.14. The minimum absolute atomic E-state index is 0.107. The van der Waals surface area contributed by atoms with Crippen molar-refractivity contribution in [3.05, 3.63) is 48.5 Å². The number of para-hydroxylation sites is 2. The van der Waals surface area contributed by atoms with Gasteiger partial charge in [0.05, 0.1) is 25.0 Å². The smallest absolute Gasteiger partial charge is 0.243 e. The number of hydrogen-bond acceptors (Lipinski definition) is 4. The molecule has 0 aliphatic carbocycles. The normalized spacial score (nSPS) is 13.6. The predicted octanol–water partition coefficient (Wildman–Crippen LogP) is 2.87. The second kappa shape index (κ2) is 7.70. The van der Waals surface area contributed by atoms with Crippen molar-refractivity contribution in [1.29, 1.82) is 0 Å². The number of anilines is 3.